The van der Waals surface area contributed by atoms with Gasteiger partial charge in [-0.15, -0.1) is 0 Å². The average molecular weight is 285 g/mol. The molecule has 0 radical (unpaired) electrons. The van der Waals surface area contributed by atoms with Crippen LogP contribution in [-0.2, 0) is 4.74 Å². The van der Waals surface area contributed by atoms with Crippen molar-refractivity contribution in [1.29, 1.82) is 0 Å². The van der Waals surface area contributed by atoms with Crippen LogP contribution in [0.15, 0.2) is 42.5 Å². The second kappa shape index (κ2) is 6.41. The van der Waals surface area contributed by atoms with E-state index in [4.69, 9.17) is 4.74 Å². The summed E-state index contributed by atoms with van der Waals surface area (Å²) in [6.45, 7) is 3.67. The Morgan fingerprint density at radius 3 is 2.48 bits per heavy atom. The van der Waals surface area contributed by atoms with Gasteiger partial charge in [-0.25, -0.2) is 4.79 Å². The highest BCUT2D eigenvalue weighted by atomic mass is 16.5. The van der Waals surface area contributed by atoms with Gasteiger partial charge in [-0.05, 0) is 43.2 Å². The lowest BCUT2D eigenvalue weighted by molar-refractivity contribution is 0.0602. The lowest BCUT2D eigenvalue weighted by Gasteiger charge is -2.16. The fraction of sp³-hybridized carbons (Fsp3) is 0.235. The Balaban J connectivity index is 2.40. The van der Waals surface area contributed by atoms with Gasteiger partial charge in [-0.3, -0.25) is 0 Å². The number of carbonyl (C=O) groups is 1. The smallest absolute Gasteiger partial charge is 0.339 e. The van der Waals surface area contributed by atoms with Crippen molar-refractivity contribution in [2.24, 2.45) is 0 Å². The number of para-hydroxylation sites is 1. The predicted molar refractivity (Wildman–Crippen MR) is 82.9 cm³/mol. The quantitative estimate of drug-likeness (QED) is 0.843. The normalized spacial score (nSPS) is 11.8. The molecule has 21 heavy (non-hydrogen) atoms. The molecular formula is C17H19NO3. The Bertz CT molecular complexity index is 650. The molecular weight excluding hydrogens is 266 g/mol. The summed E-state index contributed by atoms with van der Waals surface area (Å²) >= 11 is 0. The maximum Gasteiger partial charge on any atom is 0.339 e. The largest absolute Gasteiger partial charge is 0.465 e. The minimum absolute atomic E-state index is 0.387. The fourth-order valence-corrected chi connectivity index (χ4v) is 2.27. The van der Waals surface area contributed by atoms with Crippen LogP contribution in [0.2, 0.25) is 0 Å². The van der Waals surface area contributed by atoms with E-state index in [0.717, 1.165) is 16.8 Å². The third-order valence-corrected chi connectivity index (χ3v) is 3.43. The van der Waals surface area contributed by atoms with Crippen LogP contribution >= 0.6 is 0 Å². The van der Waals surface area contributed by atoms with Crippen LogP contribution < -0.4 is 5.32 Å². The minimum Gasteiger partial charge on any atom is -0.465 e. The topological polar surface area (TPSA) is 58.6 Å². The molecule has 2 N–H and O–H groups in total. The number of aliphatic hydroxyl groups excluding tert-OH is 1. The van der Waals surface area contributed by atoms with Gasteiger partial charge >= 0.3 is 5.97 Å². The number of rotatable bonds is 4. The van der Waals surface area contributed by atoms with E-state index in [9.17, 15) is 9.90 Å². The number of nitrogens with one attached hydrogen (secondary N) is 1. The van der Waals surface area contributed by atoms with Crippen LogP contribution in [0.4, 0.5) is 11.4 Å². The van der Waals surface area contributed by atoms with Gasteiger partial charge in [0.1, 0.15) is 0 Å². The van der Waals surface area contributed by atoms with Crippen molar-refractivity contribution >= 4 is 17.3 Å². The number of methoxy groups -OCH3 is 1. The number of carbonyl (C=O) groups excluding carboxylic acids is 1. The summed E-state index contributed by atoms with van der Waals surface area (Å²) in [5.41, 5.74) is 3.81. The Morgan fingerprint density at radius 1 is 1.14 bits per heavy atom. The molecule has 0 amide bonds. The molecule has 2 rings (SSSR count). The Kier molecular flexibility index (Phi) is 4.60. The van der Waals surface area contributed by atoms with Crippen molar-refractivity contribution in [3.63, 3.8) is 0 Å². The van der Waals surface area contributed by atoms with Gasteiger partial charge in [-0.1, -0.05) is 24.3 Å². The van der Waals surface area contributed by atoms with Gasteiger partial charge in [0.2, 0.25) is 0 Å². The molecule has 0 saturated heterocycles. The monoisotopic (exact) mass is 285 g/mol. The first-order valence-corrected chi connectivity index (χ1v) is 6.76. The molecule has 0 fully saturated rings. The summed E-state index contributed by atoms with van der Waals surface area (Å²) in [5, 5.41) is 13.0. The fourth-order valence-electron chi connectivity index (χ4n) is 2.27. The number of hydrogen-bond acceptors (Lipinski definition) is 4. The predicted octanol–water partition coefficient (Wildman–Crippen LogP) is 3.58. The van der Waals surface area contributed by atoms with E-state index in [1.807, 2.05) is 37.3 Å². The summed E-state index contributed by atoms with van der Waals surface area (Å²) in [5.74, 6) is -0.387. The molecule has 0 saturated carbocycles. The van der Waals surface area contributed by atoms with Crippen LogP contribution in [-0.4, -0.2) is 18.2 Å². The van der Waals surface area contributed by atoms with Crippen LogP contribution in [0.3, 0.4) is 0 Å². The van der Waals surface area contributed by atoms with Gasteiger partial charge in [0.05, 0.1) is 24.5 Å². The van der Waals surface area contributed by atoms with E-state index in [1.54, 1.807) is 19.1 Å². The highest BCUT2D eigenvalue weighted by Crippen LogP contribution is 2.28. The zero-order chi connectivity index (χ0) is 15.4. The van der Waals surface area contributed by atoms with E-state index in [1.165, 1.54) is 7.11 Å². The van der Waals surface area contributed by atoms with Crippen molar-refractivity contribution in [1.82, 2.24) is 0 Å². The molecule has 110 valence electrons. The third kappa shape index (κ3) is 3.23. The van der Waals surface area contributed by atoms with Gasteiger partial charge in [0, 0.05) is 5.69 Å². The first kappa shape index (κ1) is 15.1. The molecule has 2 aromatic rings. The van der Waals surface area contributed by atoms with Crippen molar-refractivity contribution < 1.29 is 14.6 Å². The molecule has 4 nitrogen and oxygen atoms in total. The standard InChI is InChI=1S/C17H19NO3/c1-11-13(12(2)19)8-6-10-15(11)18-16-9-5-4-7-14(16)17(20)21-3/h4-10,12,18-19H,1-3H3. The number of anilines is 2. The van der Waals surface area contributed by atoms with Gasteiger partial charge in [0.25, 0.3) is 0 Å². The Morgan fingerprint density at radius 2 is 1.81 bits per heavy atom. The summed E-state index contributed by atoms with van der Waals surface area (Å²) in [7, 11) is 1.36. The number of aliphatic hydroxyl groups is 1. The van der Waals surface area contributed by atoms with Gasteiger partial charge < -0.3 is 15.2 Å². The summed E-state index contributed by atoms with van der Waals surface area (Å²) in [6.07, 6.45) is -0.539. The molecule has 1 unspecified atom stereocenters. The highest BCUT2D eigenvalue weighted by Gasteiger charge is 2.13. The molecule has 0 bridgehead atoms. The summed E-state index contributed by atoms with van der Waals surface area (Å²) in [4.78, 5) is 11.8. The van der Waals surface area contributed by atoms with Crippen molar-refractivity contribution in [2.75, 3.05) is 12.4 Å². The zero-order valence-electron chi connectivity index (χ0n) is 12.4. The summed E-state index contributed by atoms with van der Waals surface area (Å²) < 4.78 is 4.79. The maximum absolute atomic E-state index is 11.8. The van der Waals surface area contributed by atoms with Crippen LogP contribution in [0.1, 0.15) is 34.5 Å². The van der Waals surface area contributed by atoms with Crippen molar-refractivity contribution in [3.05, 3.63) is 59.2 Å². The average Bonchev–Trinajstić information content (AvgIpc) is 2.49. The Hall–Kier alpha value is -2.33. The molecule has 0 aromatic heterocycles. The van der Waals surface area contributed by atoms with Crippen LogP contribution in [0, 0.1) is 6.92 Å². The van der Waals surface area contributed by atoms with E-state index < -0.39 is 6.10 Å². The molecule has 0 aliphatic carbocycles. The zero-order valence-corrected chi connectivity index (χ0v) is 12.4. The van der Waals surface area contributed by atoms with Crippen LogP contribution in [0.5, 0.6) is 0 Å². The van der Waals surface area contributed by atoms with E-state index in [0.29, 0.717) is 11.3 Å². The molecule has 2 aromatic carbocycles. The third-order valence-electron chi connectivity index (χ3n) is 3.43. The van der Waals surface area contributed by atoms with E-state index >= 15 is 0 Å². The lowest BCUT2D eigenvalue weighted by Crippen LogP contribution is -2.06. The Labute approximate surface area is 124 Å². The lowest BCUT2D eigenvalue weighted by atomic mass is 10.0. The summed E-state index contributed by atoms with van der Waals surface area (Å²) in [6, 6.07) is 12.8. The highest BCUT2D eigenvalue weighted by molar-refractivity contribution is 5.96. The first-order valence-electron chi connectivity index (χ1n) is 6.76. The minimum atomic E-state index is -0.539. The first-order chi connectivity index (χ1) is 10.0. The molecule has 0 aliphatic heterocycles. The van der Waals surface area contributed by atoms with Crippen LogP contribution in [0.25, 0.3) is 0 Å². The molecule has 1 atom stereocenters. The SMILES string of the molecule is COC(=O)c1ccccc1Nc1cccc(C(C)O)c1C. The van der Waals surface area contributed by atoms with Crippen molar-refractivity contribution in [3.8, 4) is 0 Å². The molecule has 4 heteroatoms. The molecule has 0 aliphatic rings. The molecule has 0 spiro atoms. The maximum atomic E-state index is 11.8. The van der Waals surface area contributed by atoms with Gasteiger partial charge in [-0.2, -0.15) is 0 Å². The second-order valence-electron chi connectivity index (χ2n) is 4.86. The van der Waals surface area contributed by atoms with E-state index in [-0.39, 0.29) is 5.97 Å². The molecule has 0 heterocycles. The van der Waals surface area contributed by atoms with Crippen molar-refractivity contribution in [2.45, 2.75) is 20.0 Å². The number of ether oxygens (including phenoxy) is 1. The second-order valence-corrected chi connectivity index (χ2v) is 4.86. The number of esters is 1. The van der Waals surface area contributed by atoms with E-state index in [2.05, 4.69) is 5.32 Å². The number of hydrogen-bond donors (Lipinski definition) is 2. The number of benzene rings is 2. The van der Waals surface area contributed by atoms with Gasteiger partial charge in [0.15, 0.2) is 0 Å².